The van der Waals surface area contributed by atoms with Gasteiger partial charge in [-0.05, 0) is 12.1 Å². The van der Waals surface area contributed by atoms with Gasteiger partial charge in [-0.3, -0.25) is 5.32 Å². The Bertz CT molecular complexity index is 866. The van der Waals surface area contributed by atoms with Gasteiger partial charge in [0.2, 0.25) is 0 Å². The minimum Gasteiger partial charge on any atom is -0.465 e. The van der Waals surface area contributed by atoms with Crippen molar-refractivity contribution in [2.45, 2.75) is 0 Å². The molecule has 0 unspecified atom stereocenters. The third kappa shape index (κ3) is 2.63. The zero-order valence-electron chi connectivity index (χ0n) is 10.4. The number of aromatic nitrogens is 3. The number of nitrogens with zero attached hydrogens (tertiary/aromatic N) is 4. The highest BCUT2D eigenvalue weighted by molar-refractivity contribution is 7.21. The molecular formula is C13H7N5O2S. The Hall–Kier alpha value is -3.05. The average Bonchev–Trinajstić information content (AvgIpc) is 2.87. The molecule has 0 aliphatic carbocycles. The van der Waals surface area contributed by atoms with E-state index in [1.807, 2.05) is 6.07 Å². The fourth-order valence-electron chi connectivity index (χ4n) is 1.72. The molecule has 7 nitrogen and oxygen atoms in total. The zero-order chi connectivity index (χ0) is 14.8. The number of benzene rings is 1. The van der Waals surface area contributed by atoms with E-state index in [2.05, 4.69) is 20.3 Å². The van der Waals surface area contributed by atoms with Crippen molar-refractivity contribution >= 4 is 33.0 Å². The Morgan fingerprint density at radius 1 is 1.29 bits per heavy atom. The maximum atomic E-state index is 10.6. The van der Waals surface area contributed by atoms with Gasteiger partial charge < -0.3 is 5.11 Å². The minimum absolute atomic E-state index is 0.231. The van der Waals surface area contributed by atoms with Crippen molar-refractivity contribution in [3.05, 3.63) is 36.0 Å². The first-order chi connectivity index (χ1) is 10.2. The number of carbonyl (C=O) groups is 1. The number of rotatable bonds is 2. The maximum absolute atomic E-state index is 10.6. The molecule has 0 aliphatic rings. The number of nitrogens with one attached hydrogen (secondary N) is 1. The number of hydrogen-bond acceptors (Lipinski definition) is 6. The Labute approximate surface area is 122 Å². The number of nitriles is 1. The highest BCUT2D eigenvalue weighted by Crippen LogP contribution is 2.25. The van der Waals surface area contributed by atoms with Crippen LogP contribution in [0.15, 0.2) is 30.5 Å². The van der Waals surface area contributed by atoms with E-state index in [1.54, 1.807) is 30.5 Å². The summed E-state index contributed by atoms with van der Waals surface area (Å²) in [7, 11) is 0. The number of thiazole rings is 1. The van der Waals surface area contributed by atoms with E-state index >= 15 is 0 Å². The predicted octanol–water partition coefficient (Wildman–Crippen LogP) is 2.71. The maximum Gasteiger partial charge on any atom is 0.410 e. The summed E-state index contributed by atoms with van der Waals surface area (Å²) in [4.78, 5) is 23.7. The molecule has 0 radical (unpaired) electrons. The van der Waals surface area contributed by atoms with Crippen LogP contribution in [0, 0.1) is 11.3 Å². The summed E-state index contributed by atoms with van der Waals surface area (Å²) >= 11 is 1.11. The van der Waals surface area contributed by atoms with Crippen LogP contribution in [0.4, 0.5) is 9.93 Å². The predicted molar refractivity (Wildman–Crippen MR) is 77.0 cm³/mol. The fraction of sp³-hybridized carbons (Fsp3) is 0. The molecular weight excluding hydrogens is 290 g/mol. The second-order valence-electron chi connectivity index (χ2n) is 4.02. The molecule has 2 heterocycles. The molecule has 1 amide bonds. The molecule has 102 valence electrons. The molecule has 0 bridgehead atoms. The Morgan fingerprint density at radius 2 is 2.05 bits per heavy atom. The van der Waals surface area contributed by atoms with E-state index < -0.39 is 6.09 Å². The molecule has 8 heteroatoms. The summed E-state index contributed by atoms with van der Waals surface area (Å²) in [6.07, 6.45) is 0.384. The second kappa shape index (κ2) is 5.15. The molecule has 2 aromatic heterocycles. The van der Waals surface area contributed by atoms with Crippen LogP contribution < -0.4 is 5.32 Å². The van der Waals surface area contributed by atoms with Crippen LogP contribution in [0.1, 0.15) is 5.56 Å². The lowest BCUT2D eigenvalue weighted by molar-refractivity contribution is 0.210. The van der Waals surface area contributed by atoms with Gasteiger partial charge in [-0.2, -0.15) is 10.2 Å². The van der Waals surface area contributed by atoms with Crippen LogP contribution in [0.2, 0.25) is 0 Å². The van der Waals surface area contributed by atoms with E-state index in [4.69, 9.17) is 10.4 Å². The first-order valence-electron chi connectivity index (χ1n) is 5.80. The van der Waals surface area contributed by atoms with Crippen molar-refractivity contribution in [2.75, 3.05) is 5.32 Å². The molecule has 2 N–H and O–H groups in total. The highest BCUT2D eigenvalue weighted by atomic mass is 32.1. The van der Waals surface area contributed by atoms with Crippen molar-refractivity contribution < 1.29 is 9.90 Å². The lowest BCUT2D eigenvalue weighted by Crippen LogP contribution is -2.06. The molecule has 3 rings (SSSR count). The largest absolute Gasteiger partial charge is 0.465 e. The van der Waals surface area contributed by atoms with Gasteiger partial charge in [-0.1, -0.05) is 23.5 Å². The van der Waals surface area contributed by atoms with E-state index in [1.165, 1.54) is 0 Å². The van der Waals surface area contributed by atoms with E-state index in [-0.39, 0.29) is 5.13 Å². The van der Waals surface area contributed by atoms with Gasteiger partial charge in [-0.15, -0.1) is 0 Å². The van der Waals surface area contributed by atoms with Crippen molar-refractivity contribution in [1.29, 1.82) is 5.26 Å². The van der Waals surface area contributed by atoms with Gasteiger partial charge in [0.15, 0.2) is 15.6 Å². The third-order valence-corrected chi connectivity index (χ3v) is 3.50. The molecule has 21 heavy (non-hydrogen) atoms. The average molecular weight is 297 g/mol. The number of carboxylic acid groups (broad SMARTS) is 1. The van der Waals surface area contributed by atoms with Gasteiger partial charge in [-0.25, -0.2) is 14.8 Å². The summed E-state index contributed by atoms with van der Waals surface area (Å²) in [5, 5.41) is 19.8. The first kappa shape index (κ1) is 13.0. The van der Waals surface area contributed by atoms with Crippen LogP contribution in [0.3, 0.4) is 0 Å². The van der Waals surface area contributed by atoms with Crippen molar-refractivity contribution in [3.63, 3.8) is 0 Å². The number of amides is 1. The smallest absolute Gasteiger partial charge is 0.410 e. The lowest BCUT2D eigenvalue weighted by Gasteiger charge is -1.99. The number of hydrogen-bond donors (Lipinski definition) is 2. The summed E-state index contributed by atoms with van der Waals surface area (Å²) in [5.74, 6) is 0. The van der Waals surface area contributed by atoms with Crippen molar-refractivity contribution in [2.24, 2.45) is 0 Å². The third-order valence-electron chi connectivity index (χ3n) is 2.65. The van der Waals surface area contributed by atoms with Crippen LogP contribution in [-0.2, 0) is 0 Å². The molecule has 0 saturated heterocycles. The van der Waals surface area contributed by atoms with Gasteiger partial charge in [0.1, 0.15) is 0 Å². The molecule has 1 aromatic carbocycles. The molecule has 0 saturated carbocycles. The van der Waals surface area contributed by atoms with Gasteiger partial charge in [0, 0.05) is 5.56 Å². The quantitative estimate of drug-likeness (QED) is 0.752. The number of fused-ring (bicyclic) bond motifs is 1. The topological polar surface area (TPSA) is 112 Å². The summed E-state index contributed by atoms with van der Waals surface area (Å²) in [6.45, 7) is 0. The van der Waals surface area contributed by atoms with E-state index in [0.717, 1.165) is 16.9 Å². The van der Waals surface area contributed by atoms with Crippen molar-refractivity contribution in [3.8, 4) is 17.3 Å². The summed E-state index contributed by atoms with van der Waals surface area (Å²) < 4.78 is 0. The van der Waals surface area contributed by atoms with Crippen molar-refractivity contribution in [1.82, 2.24) is 15.0 Å². The van der Waals surface area contributed by atoms with E-state index in [9.17, 15) is 4.79 Å². The lowest BCUT2D eigenvalue weighted by atomic mass is 10.1. The van der Waals surface area contributed by atoms with Crippen LogP contribution in [-0.4, -0.2) is 26.2 Å². The molecule has 0 aliphatic heterocycles. The molecule has 3 aromatic rings. The molecule has 0 atom stereocenters. The number of anilines is 1. The Morgan fingerprint density at radius 3 is 2.71 bits per heavy atom. The van der Waals surface area contributed by atoms with Crippen LogP contribution in [0.25, 0.3) is 21.7 Å². The Kier molecular flexibility index (Phi) is 3.17. The van der Waals surface area contributed by atoms with E-state index in [0.29, 0.717) is 21.7 Å². The summed E-state index contributed by atoms with van der Waals surface area (Å²) in [6, 6.07) is 9.02. The van der Waals surface area contributed by atoms with Crippen LogP contribution in [0.5, 0.6) is 0 Å². The normalized spacial score (nSPS) is 10.2. The van der Waals surface area contributed by atoms with Gasteiger partial charge in [0.25, 0.3) is 0 Å². The summed E-state index contributed by atoms with van der Waals surface area (Å²) in [5.41, 5.74) is 2.42. The standard InChI is InChI=1S/C13H7N5O2S/c14-5-7-1-3-8(4-2-7)9-6-15-10-11(16-9)21-12(17-10)18-13(19)20/h1-4,6H,(H,19,20)(H,15,17,18). The molecule has 0 fully saturated rings. The van der Waals surface area contributed by atoms with Gasteiger partial charge in [0.05, 0.1) is 23.5 Å². The zero-order valence-corrected chi connectivity index (χ0v) is 11.3. The Balaban J connectivity index is 1.99. The highest BCUT2D eigenvalue weighted by Gasteiger charge is 2.10. The first-order valence-corrected chi connectivity index (χ1v) is 6.61. The van der Waals surface area contributed by atoms with Crippen LogP contribution >= 0.6 is 11.3 Å². The minimum atomic E-state index is -1.18. The monoisotopic (exact) mass is 297 g/mol. The van der Waals surface area contributed by atoms with Gasteiger partial charge >= 0.3 is 6.09 Å². The SMILES string of the molecule is N#Cc1ccc(-c2cnc3nc(NC(=O)O)sc3n2)cc1. The second-order valence-corrected chi connectivity index (χ2v) is 5.00. The fourth-order valence-corrected chi connectivity index (χ4v) is 2.51. The molecule has 0 spiro atoms.